The Labute approximate surface area is 115 Å². The van der Waals surface area contributed by atoms with Crippen molar-refractivity contribution < 1.29 is 9.90 Å². The van der Waals surface area contributed by atoms with E-state index in [9.17, 15) is 4.79 Å². The molecule has 2 aromatic rings. The molecule has 1 N–H and O–H groups in total. The standard InChI is InChI=1S/C14H14N4O2/c19-14(20)11-7-12-13(15-4-5-18(12)16-11)17-8-9-2-1-3-10(17)6-9/h1,3-5,7,9-10H,2,6,8H2,(H,19,20). The van der Waals surface area contributed by atoms with Crippen molar-refractivity contribution in [2.24, 2.45) is 5.92 Å². The molecule has 2 aliphatic rings. The third-order valence-electron chi connectivity index (χ3n) is 4.12. The summed E-state index contributed by atoms with van der Waals surface area (Å²) in [6.07, 6.45) is 10.1. The number of rotatable bonds is 2. The zero-order valence-corrected chi connectivity index (χ0v) is 10.8. The molecule has 3 heterocycles. The fraction of sp³-hybridized carbons (Fsp3) is 0.357. The van der Waals surface area contributed by atoms with Crippen LogP contribution in [0.5, 0.6) is 0 Å². The first kappa shape index (κ1) is 11.5. The van der Waals surface area contributed by atoms with Crippen molar-refractivity contribution in [2.45, 2.75) is 18.9 Å². The second-order valence-corrected chi connectivity index (χ2v) is 5.40. The predicted octanol–water partition coefficient (Wildman–Crippen LogP) is 1.58. The summed E-state index contributed by atoms with van der Waals surface area (Å²) in [5.74, 6) is 0.486. The summed E-state index contributed by atoms with van der Waals surface area (Å²) < 4.78 is 1.60. The maximum Gasteiger partial charge on any atom is 0.356 e. The smallest absolute Gasteiger partial charge is 0.356 e. The number of hydrogen-bond donors (Lipinski definition) is 1. The average molecular weight is 270 g/mol. The van der Waals surface area contributed by atoms with Crippen LogP contribution in [0.15, 0.2) is 30.6 Å². The van der Waals surface area contributed by atoms with Crippen molar-refractivity contribution in [1.29, 1.82) is 0 Å². The van der Waals surface area contributed by atoms with Gasteiger partial charge in [0, 0.05) is 31.0 Å². The lowest BCUT2D eigenvalue weighted by atomic mass is 9.97. The number of anilines is 1. The Bertz CT molecular complexity index is 721. The maximum atomic E-state index is 11.1. The molecule has 0 amide bonds. The van der Waals surface area contributed by atoms with Crippen LogP contribution in [0, 0.1) is 5.92 Å². The lowest BCUT2D eigenvalue weighted by molar-refractivity contribution is 0.0690. The van der Waals surface area contributed by atoms with Crippen LogP contribution in [-0.2, 0) is 0 Å². The Morgan fingerprint density at radius 2 is 2.35 bits per heavy atom. The van der Waals surface area contributed by atoms with E-state index in [-0.39, 0.29) is 5.69 Å². The topological polar surface area (TPSA) is 70.7 Å². The van der Waals surface area contributed by atoms with Crippen molar-refractivity contribution in [3.05, 3.63) is 36.3 Å². The van der Waals surface area contributed by atoms with Crippen LogP contribution >= 0.6 is 0 Å². The molecule has 1 aliphatic carbocycles. The molecular weight excluding hydrogens is 256 g/mol. The molecule has 2 atom stereocenters. The van der Waals surface area contributed by atoms with E-state index in [2.05, 4.69) is 27.1 Å². The molecule has 2 aromatic heterocycles. The number of carbonyl (C=O) groups is 1. The molecular formula is C14H14N4O2. The number of carboxylic acids is 1. The molecule has 0 radical (unpaired) electrons. The van der Waals surface area contributed by atoms with Crippen molar-refractivity contribution in [3.8, 4) is 0 Å². The molecule has 0 aromatic carbocycles. The fourth-order valence-electron chi connectivity index (χ4n) is 3.22. The first-order valence-corrected chi connectivity index (χ1v) is 6.73. The van der Waals surface area contributed by atoms with Gasteiger partial charge in [0.1, 0.15) is 5.52 Å². The summed E-state index contributed by atoms with van der Waals surface area (Å²) in [6.45, 7) is 0.970. The van der Waals surface area contributed by atoms with Crippen molar-refractivity contribution in [2.75, 3.05) is 11.4 Å². The summed E-state index contributed by atoms with van der Waals surface area (Å²) in [5.41, 5.74) is 0.808. The molecule has 102 valence electrons. The highest BCUT2D eigenvalue weighted by Gasteiger charge is 2.34. The summed E-state index contributed by atoms with van der Waals surface area (Å²) >= 11 is 0. The summed E-state index contributed by atoms with van der Waals surface area (Å²) in [6, 6.07) is 1.96. The largest absolute Gasteiger partial charge is 0.476 e. The van der Waals surface area contributed by atoms with Gasteiger partial charge in [-0.3, -0.25) is 0 Å². The molecule has 6 nitrogen and oxygen atoms in total. The van der Waals surface area contributed by atoms with Crippen LogP contribution in [0.4, 0.5) is 5.82 Å². The van der Waals surface area contributed by atoms with Crippen molar-refractivity contribution in [3.63, 3.8) is 0 Å². The van der Waals surface area contributed by atoms with Crippen LogP contribution in [0.25, 0.3) is 5.52 Å². The SMILES string of the molecule is O=C(O)c1cc2c(N3CC4CC=CC3C4)nccn2n1. The van der Waals surface area contributed by atoms with Crippen LogP contribution in [0.1, 0.15) is 23.3 Å². The van der Waals surface area contributed by atoms with E-state index >= 15 is 0 Å². The molecule has 0 spiro atoms. The van der Waals surface area contributed by atoms with Gasteiger partial charge in [0.05, 0.1) is 0 Å². The van der Waals surface area contributed by atoms with Crippen molar-refractivity contribution in [1.82, 2.24) is 14.6 Å². The van der Waals surface area contributed by atoms with E-state index in [0.29, 0.717) is 12.0 Å². The molecule has 1 saturated heterocycles. The van der Waals surface area contributed by atoms with E-state index in [1.807, 2.05) is 0 Å². The molecule has 6 heteroatoms. The highest BCUT2D eigenvalue weighted by molar-refractivity contribution is 5.88. The van der Waals surface area contributed by atoms with Crippen molar-refractivity contribution >= 4 is 17.3 Å². The Hall–Kier alpha value is -2.37. The summed E-state index contributed by atoms with van der Waals surface area (Å²) in [4.78, 5) is 17.8. The fourth-order valence-corrected chi connectivity index (χ4v) is 3.22. The third-order valence-corrected chi connectivity index (χ3v) is 4.12. The quantitative estimate of drug-likeness (QED) is 0.839. The van der Waals surface area contributed by atoms with Gasteiger partial charge in [-0.2, -0.15) is 5.10 Å². The van der Waals surface area contributed by atoms with E-state index < -0.39 is 5.97 Å². The van der Waals surface area contributed by atoms with Gasteiger partial charge in [-0.15, -0.1) is 0 Å². The number of fused-ring (bicyclic) bond motifs is 3. The van der Waals surface area contributed by atoms with Gasteiger partial charge in [0.15, 0.2) is 11.5 Å². The maximum absolute atomic E-state index is 11.1. The number of aromatic nitrogens is 3. The van der Waals surface area contributed by atoms with Gasteiger partial charge in [0.25, 0.3) is 0 Å². The number of hydrogen-bond acceptors (Lipinski definition) is 4. The first-order valence-electron chi connectivity index (χ1n) is 6.73. The van der Waals surface area contributed by atoms with Gasteiger partial charge >= 0.3 is 5.97 Å². The normalized spacial score (nSPS) is 24.5. The van der Waals surface area contributed by atoms with Crippen LogP contribution in [0.3, 0.4) is 0 Å². The van der Waals surface area contributed by atoms with Crippen LogP contribution in [0.2, 0.25) is 0 Å². The Balaban J connectivity index is 1.83. The molecule has 2 bridgehead atoms. The van der Waals surface area contributed by atoms with E-state index in [0.717, 1.165) is 30.7 Å². The second kappa shape index (κ2) is 4.06. The number of aromatic carboxylic acids is 1. The molecule has 4 rings (SSSR count). The van der Waals surface area contributed by atoms with E-state index in [4.69, 9.17) is 5.11 Å². The van der Waals surface area contributed by atoms with Gasteiger partial charge < -0.3 is 10.0 Å². The van der Waals surface area contributed by atoms with Gasteiger partial charge in [-0.05, 0) is 18.8 Å². The zero-order valence-electron chi connectivity index (χ0n) is 10.8. The highest BCUT2D eigenvalue weighted by Crippen LogP contribution is 2.35. The minimum Gasteiger partial charge on any atom is -0.476 e. The highest BCUT2D eigenvalue weighted by atomic mass is 16.4. The first-order chi connectivity index (χ1) is 9.72. The molecule has 0 saturated carbocycles. The Morgan fingerprint density at radius 3 is 3.15 bits per heavy atom. The lowest BCUT2D eigenvalue weighted by Gasteiger charge is -2.23. The minimum absolute atomic E-state index is 0.0527. The van der Waals surface area contributed by atoms with Crippen LogP contribution in [-0.4, -0.2) is 38.3 Å². The molecule has 2 unspecified atom stereocenters. The number of carboxylic acid groups (broad SMARTS) is 1. The number of nitrogens with zero attached hydrogens (tertiary/aromatic N) is 4. The minimum atomic E-state index is -1.01. The van der Waals surface area contributed by atoms with Gasteiger partial charge in [-0.25, -0.2) is 14.3 Å². The monoisotopic (exact) mass is 270 g/mol. The third kappa shape index (κ3) is 1.61. The number of allylic oxidation sites excluding steroid dienone is 1. The molecule has 1 aliphatic heterocycles. The molecule has 1 fully saturated rings. The average Bonchev–Trinajstić information content (AvgIpc) is 3.00. The van der Waals surface area contributed by atoms with Crippen LogP contribution < -0.4 is 4.90 Å². The Morgan fingerprint density at radius 1 is 1.45 bits per heavy atom. The Kier molecular flexibility index (Phi) is 2.33. The predicted molar refractivity (Wildman–Crippen MR) is 72.9 cm³/mol. The summed E-state index contributed by atoms with van der Waals surface area (Å²) in [7, 11) is 0. The summed E-state index contributed by atoms with van der Waals surface area (Å²) in [5, 5.41) is 13.1. The van der Waals surface area contributed by atoms with E-state index in [1.54, 1.807) is 23.0 Å². The zero-order chi connectivity index (χ0) is 13.7. The second-order valence-electron chi connectivity index (χ2n) is 5.40. The van der Waals surface area contributed by atoms with Gasteiger partial charge in [0.2, 0.25) is 0 Å². The lowest BCUT2D eigenvalue weighted by Crippen LogP contribution is -2.28. The van der Waals surface area contributed by atoms with Gasteiger partial charge in [-0.1, -0.05) is 12.2 Å². The molecule has 20 heavy (non-hydrogen) atoms. The van der Waals surface area contributed by atoms with E-state index in [1.165, 1.54) is 0 Å².